The lowest BCUT2D eigenvalue weighted by Gasteiger charge is -2.43. The lowest BCUT2D eigenvalue weighted by atomic mass is 9.80. The van der Waals surface area contributed by atoms with E-state index in [0.717, 1.165) is 25.9 Å². The number of hydrogen-bond donors (Lipinski definition) is 2. The Hall–Kier alpha value is -1.51. The van der Waals surface area contributed by atoms with E-state index in [1.165, 1.54) is 0 Å². The second-order valence-corrected chi connectivity index (χ2v) is 7.31. The first-order valence-electron chi connectivity index (χ1n) is 9.16. The molecule has 2 atom stereocenters. The molecule has 2 N–H and O–H groups in total. The SMILES string of the molecule is COCC[C@]1(O)CCN(C(=O)c2cn(C3CCNCC3)nn2)C[C@H]1C. The number of nitrogens with zero attached hydrogens (tertiary/aromatic N) is 4. The molecule has 25 heavy (non-hydrogen) atoms. The van der Waals surface area contributed by atoms with Gasteiger partial charge in [0.05, 0.1) is 17.8 Å². The van der Waals surface area contributed by atoms with Crippen molar-refractivity contribution in [2.75, 3.05) is 39.9 Å². The monoisotopic (exact) mass is 351 g/mol. The van der Waals surface area contributed by atoms with E-state index in [1.807, 2.05) is 11.6 Å². The van der Waals surface area contributed by atoms with Crippen molar-refractivity contribution >= 4 is 5.91 Å². The lowest BCUT2D eigenvalue weighted by Crippen LogP contribution is -2.53. The molecule has 0 saturated carbocycles. The number of nitrogens with one attached hydrogen (secondary N) is 1. The minimum absolute atomic E-state index is 0.000172. The van der Waals surface area contributed by atoms with Crippen molar-refractivity contribution in [1.29, 1.82) is 0 Å². The fraction of sp³-hybridized carbons (Fsp3) is 0.824. The number of ether oxygens (including phenoxy) is 1. The highest BCUT2D eigenvalue weighted by molar-refractivity contribution is 5.92. The maximum atomic E-state index is 12.8. The van der Waals surface area contributed by atoms with Crippen LogP contribution in [0.4, 0.5) is 0 Å². The van der Waals surface area contributed by atoms with Gasteiger partial charge in [-0.05, 0) is 38.8 Å². The van der Waals surface area contributed by atoms with Gasteiger partial charge in [0.2, 0.25) is 0 Å². The lowest BCUT2D eigenvalue weighted by molar-refractivity contribution is -0.0751. The molecule has 1 aromatic heterocycles. The second kappa shape index (κ2) is 7.80. The summed E-state index contributed by atoms with van der Waals surface area (Å²) in [5, 5.41) is 22.3. The summed E-state index contributed by atoms with van der Waals surface area (Å²) in [6.07, 6.45) is 4.94. The summed E-state index contributed by atoms with van der Waals surface area (Å²) in [7, 11) is 1.64. The molecule has 3 rings (SSSR count). The molecule has 8 nitrogen and oxygen atoms in total. The Morgan fingerprint density at radius 2 is 2.24 bits per heavy atom. The number of carbonyl (C=O) groups is 1. The molecule has 0 radical (unpaired) electrons. The molecule has 2 aliphatic rings. The third kappa shape index (κ3) is 4.02. The van der Waals surface area contributed by atoms with Crippen LogP contribution in [-0.4, -0.2) is 76.4 Å². The van der Waals surface area contributed by atoms with Gasteiger partial charge >= 0.3 is 0 Å². The van der Waals surface area contributed by atoms with Crippen LogP contribution in [0.3, 0.4) is 0 Å². The van der Waals surface area contributed by atoms with Crippen LogP contribution in [0.15, 0.2) is 6.20 Å². The number of likely N-dealkylation sites (tertiary alicyclic amines) is 1. The summed E-state index contributed by atoms with van der Waals surface area (Å²) in [6, 6.07) is 0.315. The summed E-state index contributed by atoms with van der Waals surface area (Å²) in [5.74, 6) is -0.0966. The van der Waals surface area contributed by atoms with Crippen LogP contribution >= 0.6 is 0 Å². The predicted molar refractivity (Wildman–Crippen MR) is 92.3 cm³/mol. The van der Waals surface area contributed by atoms with Gasteiger partial charge in [-0.3, -0.25) is 4.79 Å². The van der Waals surface area contributed by atoms with E-state index in [0.29, 0.717) is 44.3 Å². The van der Waals surface area contributed by atoms with E-state index in [1.54, 1.807) is 18.2 Å². The highest BCUT2D eigenvalue weighted by Gasteiger charge is 2.40. The van der Waals surface area contributed by atoms with Crippen molar-refractivity contribution < 1.29 is 14.6 Å². The van der Waals surface area contributed by atoms with Crippen LogP contribution in [0, 0.1) is 5.92 Å². The molecule has 3 heterocycles. The van der Waals surface area contributed by atoms with Crippen LogP contribution in [0.2, 0.25) is 0 Å². The summed E-state index contributed by atoms with van der Waals surface area (Å²) < 4.78 is 6.93. The smallest absolute Gasteiger partial charge is 0.276 e. The van der Waals surface area contributed by atoms with E-state index >= 15 is 0 Å². The van der Waals surface area contributed by atoms with Crippen LogP contribution in [0.5, 0.6) is 0 Å². The number of methoxy groups -OCH3 is 1. The molecule has 8 heteroatoms. The molecule has 0 bridgehead atoms. The summed E-state index contributed by atoms with van der Waals surface area (Å²) >= 11 is 0. The fourth-order valence-electron chi connectivity index (χ4n) is 3.79. The molecule has 2 aliphatic heterocycles. The Bertz CT molecular complexity index is 587. The molecule has 1 aromatic rings. The maximum Gasteiger partial charge on any atom is 0.276 e. The number of hydrogen-bond acceptors (Lipinski definition) is 6. The molecule has 0 spiro atoms. The van der Waals surface area contributed by atoms with Crippen molar-refractivity contribution in [1.82, 2.24) is 25.2 Å². The molecule has 0 aromatic carbocycles. The second-order valence-electron chi connectivity index (χ2n) is 7.31. The van der Waals surface area contributed by atoms with Gasteiger partial charge in [0.1, 0.15) is 0 Å². The van der Waals surface area contributed by atoms with Crippen molar-refractivity contribution in [3.05, 3.63) is 11.9 Å². The molecule has 2 fully saturated rings. The molecule has 0 unspecified atom stereocenters. The highest BCUT2D eigenvalue weighted by Crippen LogP contribution is 2.31. The van der Waals surface area contributed by atoms with Gasteiger partial charge in [0.15, 0.2) is 5.69 Å². The van der Waals surface area contributed by atoms with E-state index in [4.69, 9.17) is 4.74 Å². The zero-order valence-electron chi connectivity index (χ0n) is 15.1. The quantitative estimate of drug-likeness (QED) is 0.800. The van der Waals surface area contributed by atoms with E-state index in [-0.39, 0.29) is 11.8 Å². The third-order valence-corrected chi connectivity index (χ3v) is 5.66. The normalized spacial score (nSPS) is 28.3. The van der Waals surface area contributed by atoms with Crippen LogP contribution in [0.1, 0.15) is 49.1 Å². The minimum Gasteiger partial charge on any atom is -0.389 e. The fourth-order valence-corrected chi connectivity index (χ4v) is 3.79. The van der Waals surface area contributed by atoms with Crippen LogP contribution in [0.25, 0.3) is 0 Å². The number of piperidine rings is 2. The Kier molecular flexibility index (Phi) is 5.71. The first kappa shape index (κ1) is 18.3. The first-order chi connectivity index (χ1) is 12.0. The number of aliphatic hydroxyl groups is 1. The molecule has 140 valence electrons. The van der Waals surface area contributed by atoms with Gasteiger partial charge in [-0.15, -0.1) is 5.10 Å². The summed E-state index contributed by atoms with van der Waals surface area (Å²) in [4.78, 5) is 14.5. The maximum absolute atomic E-state index is 12.8. The molecular weight excluding hydrogens is 322 g/mol. The van der Waals surface area contributed by atoms with E-state index in [2.05, 4.69) is 15.6 Å². The topological polar surface area (TPSA) is 92.5 Å². The van der Waals surface area contributed by atoms with Crippen molar-refractivity contribution in [2.45, 2.75) is 44.2 Å². The molecule has 1 amide bonds. The summed E-state index contributed by atoms with van der Waals surface area (Å²) in [5.41, 5.74) is -0.368. The van der Waals surface area contributed by atoms with Gasteiger partial charge in [-0.2, -0.15) is 0 Å². The zero-order chi connectivity index (χ0) is 17.9. The zero-order valence-corrected chi connectivity index (χ0v) is 15.1. The Morgan fingerprint density at radius 3 is 2.92 bits per heavy atom. The van der Waals surface area contributed by atoms with Crippen molar-refractivity contribution in [3.63, 3.8) is 0 Å². The number of aromatic nitrogens is 3. The Balaban J connectivity index is 1.61. The van der Waals surface area contributed by atoms with Crippen molar-refractivity contribution in [3.8, 4) is 0 Å². The third-order valence-electron chi connectivity index (χ3n) is 5.66. The minimum atomic E-state index is -0.764. The predicted octanol–water partition coefficient (Wildman–Crippen LogP) is 0.452. The number of carbonyl (C=O) groups excluding carboxylic acids is 1. The summed E-state index contributed by atoms with van der Waals surface area (Å²) in [6.45, 7) is 5.51. The highest BCUT2D eigenvalue weighted by atomic mass is 16.5. The van der Waals surface area contributed by atoms with Crippen LogP contribution in [-0.2, 0) is 4.74 Å². The average Bonchev–Trinajstić information content (AvgIpc) is 3.13. The molecule has 2 saturated heterocycles. The van der Waals surface area contributed by atoms with Gasteiger partial charge in [-0.1, -0.05) is 12.1 Å². The average molecular weight is 351 g/mol. The van der Waals surface area contributed by atoms with Gasteiger partial charge in [0, 0.05) is 32.7 Å². The van der Waals surface area contributed by atoms with Gasteiger partial charge in [0.25, 0.3) is 5.91 Å². The Labute approximate surface area is 148 Å². The standard InChI is InChI=1S/C17H29N5O3/c1-13-11-21(9-5-17(13,24)6-10-25-2)16(23)15-12-22(20-19-15)14-3-7-18-8-4-14/h12-14,18,24H,3-11H2,1-2H3/t13-,17-/m1/s1. The number of rotatable bonds is 5. The van der Waals surface area contributed by atoms with Gasteiger partial charge < -0.3 is 20.1 Å². The van der Waals surface area contributed by atoms with Gasteiger partial charge in [-0.25, -0.2) is 4.68 Å². The number of amides is 1. The van der Waals surface area contributed by atoms with Crippen LogP contribution < -0.4 is 5.32 Å². The largest absolute Gasteiger partial charge is 0.389 e. The van der Waals surface area contributed by atoms with E-state index < -0.39 is 5.60 Å². The van der Waals surface area contributed by atoms with E-state index in [9.17, 15) is 9.90 Å². The van der Waals surface area contributed by atoms with Crippen molar-refractivity contribution in [2.24, 2.45) is 5.92 Å². The molecule has 0 aliphatic carbocycles. The first-order valence-corrected chi connectivity index (χ1v) is 9.16. The molecular formula is C17H29N5O3. The Morgan fingerprint density at radius 1 is 1.48 bits per heavy atom.